The minimum absolute atomic E-state index is 0.0893. The van der Waals surface area contributed by atoms with Gasteiger partial charge in [0.1, 0.15) is 0 Å². The van der Waals surface area contributed by atoms with Crippen molar-refractivity contribution < 1.29 is 27.2 Å². The van der Waals surface area contributed by atoms with Crippen molar-refractivity contribution in [2.45, 2.75) is 118 Å². The Morgan fingerprint density at radius 1 is 0.765 bits per heavy atom. The first kappa shape index (κ1) is 31.1. The predicted octanol–water partition coefficient (Wildman–Crippen LogP) is 7.92. The molecule has 0 fully saturated rings. The summed E-state index contributed by atoms with van der Waals surface area (Å²) in [5.74, 6) is 2.70. The van der Waals surface area contributed by atoms with E-state index in [0.29, 0.717) is 5.56 Å². The second-order valence-electron chi connectivity index (χ2n) is 10.7. The maximum absolute atomic E-state index is 14.4. The van der Waals surface area contributed by atoms with Gasteiger partial charge >= 0.3 is 15.2 Å². The molecule has 0 unspecified atom stereocenters. The highest BCUT2D eigenvalue weighted by atomic mass is 31.2. The number of terminal acetylenes is 1. The molecule has 0 atom stereocenters. The largest absolute Gasteiger partial charge is 0.346 e. The zero-order valence-corrected chi connectivity index (χ0v) is 24.5. The first-order valence-corrected chi connectivity index (χ1v) is 15.2. The van der Waals surface area contributed by atoms with E-state index < -0.39 is 45.0 Å². The van der Waals surface area contributed by atoms with Gasteiger partial charge in [0, 0.05) is 5.56 Å². The second-order valence-corrected chi connectivity index (χ2v) is 15.4. The van der Waals surface area contributed by atoms with Gasteiger partial charge < -0.3 is 18.1 Å². The maximum Gasteiger partial charge on any atom is 0.346 e. The molecule has 0 N–H and O–H groups in total. The van der Waals surface area contributed by atoms with Gasteiger partial charge in [-0.25, -0.2) is 0 Å². The lowest BCUT2D eigenvalue weighted by Crippen LogP contribution is -2.25. The lowest BCUT2D eigenvalue weighted by Gasteiger charge is -2.35. The van der Waals surface area contributed by atoms with Crippen LogP contribution >= 0.6 is 15.2 Å². The minimum Gasteiger partial charge on any atom is -0.305 e. The van der Waals surface area contributed by atoms with E-state index in [1.807, 2.05) is 18.2 Å². The van der Waals surface area contributed by atoms with Crippen molar-refractivity contribution >= 4 is 15.2 Å². The summed E-state index contributed by atoms with van der Waals surface area (Å²) in [7, 11) is -7.97. The van der Waals surface area contributed by atoms with E-state index in [0.717, 1.165) is 11.1 Å². The molecule has 6 nitrogen and oxygen atoms in total. The smallest absolute Gasteiger partial charge is 0.305 e. The summed E-state index contributed by atoms with van der Waals surface area (Å²) in [5.41, 5.74) is 2.31. The molecule has 0 amide bonds. The highest BCUT2D eigenvalue weighted by molar-refractivity contribution is 7.72. The third-order valence-electron chi connectivity index (χ3n) is 4.60. The number of hydrogen-bond donors (Lipinski definition) is 0. The Hall–Kier alpha value is -0.920. The van der Waals surface area contributed by atoms with Crippen molar-refractivity contribution in [2.75, 3.05) is 0 Å². The minimum atomic E-state index is -3.99. The third kappa shape index (κ3) is 9.27. The molecular formula is C26H44O6P2. The SMILES string of the molecule is C#Cc1cc(CC(P(=O)(OC(C)C)OC(C)C)P(=O)(OC(C)C)OC(C)C)cc(C(C)(C)C)c1. The van der Waals surface area contributed by atoms with Gasteiger partial charge in [-0.05, 0) is 90.5 Å². The maximum atomic E-state index is 14.4. The molecule has 0 radical (unpaired) electrons. The first-order chi connectivity index (χ1) is 15.4. The van der Waals surface area contributed by atoms with Crippen LogP contribution in [0.15, 0.2) is 18.2 Å². The predicted molar refractivity (Wildman–Crippen MR) is 141 cm³/mol. The van der Waals surface area contributed by atoms with Gasteiger partial charge in [-0.15, -0.1) is 6.42 Å². The lowest BCUT2D eigenvalue weighted by molar-refractivity contribution is 0.122. The van der Waals surface area contributed by atoms with E-state index in [4.69, 9.17) is 24.5 Å². The molecule has 0 aliphatic heterocycles. The van der Waals surface area contributed by atoms with E-state index in [9.17, 15) is 9.13 Å². The standard InChI is InChI=1S/C26H44O6P2/c1-13-22-14-23(16-24(15-22)26(10,11)12)17-25(33(27,29-18(2)3)30-19(4)5)34(28,31-20(6)7)32-21(8)9/h1,14-16,18-21,25H,17H2,2-12H3. The summed E-state index contributed by atoms with van der Waals surface area (Å²) >= 11 is 0. The van der Waals surface area contributed by atoms with Crippen molar-refractivity contribution in [1.29, 1.82) is 0 Å². The Morgan fingerprint density at radius 2 is 1.15 bits per heavy atom. The van der Waals surface area contributed by atoms with Crippen LogP contribution in [0.4, 0.5) is 0 Å². The molecule has 0 bridgehead atoms. The Balaban J connectivity index is 3.82. The van der Waals surface area contributed by atoms with Gasteiger partial charge in [-0.2, -0.15) is 0 Å². The molecule has 8 heteroatoms. The van der Waals surface area contributed by atoms with E-state index in [2.05, 4.69) is 26.7 Å². The normalized spacial score (nSPS) is 13.5. The average Bonchev–Trinajstić information content (AvgIpc) is 2.62. The van der Waals surface area contributed by atoms with Crippen LogP contribution in [0.3, 0.4) is 0 Å². The Bertz CT molecular complexity index is 872. The van der Waals surface area contributed by atoms with E-state index in [1.165, 1.54) is 0 Å². The molecule has 0 aliphatic carbocycles. The topological polar surface area (TPSA) is 71.1 Å². The van der Waals surface area contributed by atoms with E-state index in [-0.39, 0.29) is 11.8 Å². The van der Waals surface area contributed by atoms with Crippen LogP contribution in [0.2, 0.25) is 0 Å². The summed E-state index contributed by atoms with van der Waals surface area (Å²) in [6.07, 6.45) is 4.11. The van der Waals surface area contributed by atoms with Gasteiger partial charge in [0.15, 0.2) is 5.40 Å². The highest BCUT2D eigenvalue weighted by Crippen LogP contribution is 2.72. The van der Waals surface area contributed by atoms with E-state index in [1.54, 1.807) is 55.4 Å². The van der Waals surface area contributed by atoms with Crippen molar-refractivity contribution in [3.05, 3.63) is 34.9 Å². The fourth-order valence-electron chi connectivity index (χ4n) is 3.44. The van der Waals surface area contributed by atoms with Crippen molar-refractivity contribution in [3.63, 3.8) is 0 Å². The Morgan fingerprint density at radius 3 is 1.44 bits per heavy atom. The van der Waals surface area contributed by atoms with Crippen LogP contribution < -0.4 is 0 Å². The summed E-state index contributed by atoms with van der Waals surface area (Å²) < 4.78 is 52.4. The van der Waals surface area contributed by atoms with Crippen LogP contribution in [0, 0.1) is 12.3 Å². The van der Waals surface area contributed by atoms with Crippen LogP contribution in [0.5, 0.6) is 0 Å². The Labute approximate surface area is 207 Å². The molecule has 0 saturated carbocycles. The summed E-state index contributed by atoms with van der Waals surface area (Å²) in [6, 6.07) is 5.80. The number of hydrogen-bond acceptors (Lipinski definition) is 6. The van der Waals surface area contributed by atoms with Gasteiger partial charge in [0.2, 0.25) is 0 Å². The second kappa shape index (κ2) is 12.4. The lowest BCUT2D eigenvalue weighted by atomic mass is 9.85. The van der Waals surface area contributed by atoms with Crippen molar-refractivity contribution in [3.8, 4) is 12.3 Å². The van der Waals surface area contributed by atoms with Gasteiger partial charge in [-0.1, -0.05) is 32.8 Å². The summed E-state index contributed by atoms with van der Waals surface area (Å²) in [6.45, 7) is 20.4. The zero-order valence-electron chi connectivity index (χ0n) is 22.7. The molecule has 1 aromatic rings. The van der Waals surface area contributed by atoms with Crippen molar-refractivity contribution in [1.82, 2.24) is 0 Å². The molecule has 0 saturated heterocycles. The quantitative estimate of drug-likeness (QED) is 0.208. The third-order valence-corrected chi connectivity index (χ3v) is 11.0. The molecule has 1 rings (SSSR count). The molecule has 0 aromatic heterocycles. The monoisotopic (exact) mass is 514 g/mol. The van der Waals surface area contributed by atoms with Gasteiger partial charge in [0.25, 0.3) is 0 Å². The number of rotatable bonds is 12. The van der Waals surface area contributed by atoms with Crippen LogP contribution in [-0.4, -0.2) is 29.8 Å². The molecule has 194 valence electrons. The van der Waals surface area contributed by atoms with Crippen molar-refractivity contribution in [2.24, 2.45) is 0 Å². The molecule has 0 spiro atoms. The molecule has 0 heterocycles. The molecule has 1 aromatic carbocycles. The zero-order chi connectivity index (χ0) is 26.5. The van der Waals surface area contributed by atoms with Crippen LogP contribution in [-0.2, 0) is 39.1 Å². The van der Waals surface area contributed by atoms with Gasteiger partial charge in [-0.3, -0.25) is 9.13 Å². The van der Waals surface area contributed by atoms with Gasteiger partial charge in [0.05, 0.1) is 24.4 Å². The summed E-state index contributed by atoms with van der Waals surface area (Å²) in [4.78, 5) is 0. The highest BCUT2D eigenvalue weighted by Gasteiger charge is 2.52. The summed E-state index contributed by atoms with van der Waals surface area (Å²) in [5, 5.41) is -1.17. The number of benzene rings is 1. The molecular weight excluding hydrogens is 470 g/mol. The van der Waals surface area contributed by atoms with Crippen LogP contribution in [0.25, 0.3) is 0 Å². The molecule has 0 aliphatic rings. The average molecular weight is 515 g/mol. The Kier molecular flexibility index (Phi) is 11.3. The van der Waals surface area contributed by atoms with E-state index >= 15 is 0 Å². The fourth-order valence-corrected chi connectivity index (χ4v) is 9.36. The van der Waals surface area contributed by atoms with Crippen LogP contribution in [0.1, 0.15) is 92.9 Å². The molecule has 34 heavy (non-hydrogen) atoms. The first-order valence-electron chi connectivity index (χ1n) is 12.0. The fraction of sp³-hybridized carbons (Fsp3) is 0.692.